The summed E-state index contributed by atoms with van der Waals surface area (Å²) in [5.74, 6) is 0.841. The first-order valence-corrected chi connectivity index (χ1v) is 8.42. The number of nitrogens with zero attached hydrogens (tertiary/aromatic N) is 4. The number of amides is 1. The van der Waals surface area contributed by atoms with Gasteiger partial charge in [0.05, 0.1) is 12.4 Å². The lowest BCUT2D eigenvalue weighted by Gasteiger charge is -2.10. The number of carbonyl (C=O) groups is 1. The van der Waals surface area contributed by atoms with Gasteiger partial charge in [0, 0.05) is 25.9 Å². The van der Waals surface area contributed by atoms with E-state index < -0.39 is 0 Å². The molecule has 0 spiro atoms. The first kappa shape index (κ1) is 17.6. The monoisotopic (exact) mass is 350 g/mol. The third-order valence-corrected chi connectivity index (χ3v) is 4.13. The van der Waals surface area contributed by atoms with Crippen molar-refractivity contribution in [3.63, 3.8) is 0 Å². The van der Waals surface area contributed by atoms with E-state index in [0.717, 1.165) is 18.5 Å². The molecule has 2 aromatic heterocycles. The van der Waals surface area contributed by atoms with Crippen LogP contribution in [0.1, 0.15) is 27.3 Å². The Morgan fingerprint density at radius 2 is 1.96 bits per heavy atom. The highest BCUT2D eigenvalue weighted by atomic mass is 16.2. The Hall–Kier alpha value is -3.22. The van der Waals surface area contributed by atoms with E-state index in [2.05, 4.69) is 44.5 Å². The fourth-order valence-electron chi connectivity index (χ4n) is 2.56. The van der Waals surface area contributed by atoms with Crippen molar-refractivity contribution >= 4 is 17.5 Å². The number of hydrogen-bond acceptors (Lipinski definition) is 5. The normalized spacial score (nSPS) is 10.6. The van der Waals surface area contributed by atoms with Crippen molar-refractivity contribution in [3.8, 4) is 0 Å². The molecule has 7 heteroatoms. The molecule has 3 rings (SSSR count). The number of aromatic nitrogens is 4. The van der Waals surface area contributed by atoms with Gasteiger partial charge in [-0.2, -0.15) is 5.10 Å². The van der Waals surface area contributed by atoms with Crippen LogP contribution < -0.4 is 10.2 Å². The van der Waals surface area contributed by atoms with Crippen LogP contribution in [0.15, 0.2) is 42.7 Å². The predicted molar refractivity (Wildman–Crippen MR) is 101 cm³/mol. The van der Waals surface area contributed by atoms with Crippen molar-refractivity contribution in [3.05, 3.63) is 65.2 Å². The molecular formula is C19H22N6O. The van der Waals surface area contributed by atoms with Crippen LogP contribution in [0.5, 0.6) is 0 Å². The van der Waals surface area contributed by atoms with Gasteiger partial charge >= 0.3 is 0 Å². The zero-order valence-electron chi connectivity index (χ0n) is 15.2. The Bertz CT molecular complexity index is 885. The number of carbonyl (C=O) groups excluding carboxylic acids is 1. The fourth-order valence-corrected chi connectivity index (χ4v) is 2.56. The zero-order valence-corrected chi connectivity index (χ0v) is 15.2. The summed E-state index contributed by atoms with van der Waals surface area (Å²) in [6, 6.07) is 10.2. The first-order valence-electron chi connectivity index (χ1n) is 8.42. The van der Waals surface area contributed by atoms with Gasteiger partial charge in [0.15, 0.2) is 5.82 Å². The maximum absolute atomic E-state index is 12.2. The molecule has 1 aromatic carbocycles. The summed E-state index contributed by atoms with van der Waals surface area (Å²) in [4.78, 5) is 22.4. The molecule has 0 bridgehead atoms. The van der Waals surface area contributed by atoms with E-state index in [0.29, 0.717) is 11.6 Å². The Morgan fingerprint density at radius 1 is 1.15 bits per heavy atom. The SMILES string of the molecule is Cc1ccccc1CCc1cc(NC(=O)c2cnc(N(C)C)cn2)n[nH]1. The van der Waals surface area contributed by atoms with E-state index >= 15 is 0 Å². The molecule has 0 saturated heterocycles. The molecule has 0 aliphatic carbocycles. The number of aryl methyl sites for hydroxylation is 3. The second kappa shape index (κ2) is 7.77. The van der Waals surface area contributed by atoms with E-state index in [1.165, 1.54) is 17.3 Å². The van der Waals surface area contributed by atoms with Crippen LogP contribution >= 0.6 is 0 Å². The molecule has 7 nitrogen and oxygen atoms in total. The molecule has 2 N–H and O–H groups in total. The van der Waals surface area contributed by atoms with Gasteiger partial charge in [0.2, 0.25) is 0 Å². The highest BCUT2D eigenvalue weighted by Gasteiger charge is 2.11. The largest absolute Gasteiger partial charge is 0.361 e. The fraction of sp³-hybridized carbons (Fsp3) is 0.263. The van der Waals surface area contributed by atoms with Crippen LogP contribution in [0.4, 0.5) is 11.6 Å². The Kier molecular flexibility index (Phi) is 5.26. The van der Waals surface area contributed by atoms with Gasteiger partial charge in [-0.1, -0.05) is 24.3 Å². The van der Waals surface area contributed by atoms with E-state index in [4.69, 9.17) is 0 Å². The lowest BCUT2D eigenvalue weighted by molar-refractivity contribution is 0.102. The van der Waals surface area contributed by atoms with E-state index in [9.17, 15) is 4.79 Å². The smallest absolute Gasteiger partial charge is 0.277 e. The average molecular weight is 350 g/mol. The predicted octanol–water partition coefficient (Wildman–Crippen LogP) is 2.61. The van der Waals surface area contributed by atoms with Crippen LogP contribution in [0, 0.1) is 6.92 Å². The van der Waals surface area contributed by atoms with E-state index in [1.807, 2.05) is 37.2 Å². The van der Waals surface area contributed by atoms with Crippen LogP contribution in [0.2, 0.25) is 0 Å². The van der Waals surface area contributed by atoms with Gasteiger partial charge in [-0.15, -0.1) is 0 Å². The van der Waals surface area contributed by atoms with Gasteiger partial charge in [-0.25, -0.2) is 9.97 Å². The van der Waals surface area contributed by atoms with Gasteiger partial charge in [0.1, 0.15) is 11.5 Å². The zero-order chi connectivity index (χ0) is 18.5. The van der Waals surface area contributed by atoms with Crippen LogP contribution in [0.3, 0.4) is 0 Å². The number of H-pyrrole nitrogens is 1. The Labute approximate surface area is 152 Å². The van der Waals surface area contributed by atoms with Gasteiger partial charge < -0.3 is 10.2 Å². The van der Waals surface area contributed by atoms with Crippen molar-refractivity contribution in [2.24, 2.45) is 0 Å². The summed E-state index contributed by atoms with van der Waals surface area (Å²) < 4.78 is 0. The standard InChI is InChI=1S/C19H22N6O/c1-13-6-4-5-7-14(13)8-9-15-10-17(24-23-15)22-19(26)16-11-21-18(12-20-16)25(2)3/h4-7,10-12H,8-9H2,1-3H3,(H2,22,23,24,26). The second-order valence-corrected chi connectivity index (χ2v) is 6.31. The Balaban J connectivity index is 1.59. The molecule has 3 aromatic rings. The second-order valence-electron chi connectivity index (χ2n) is 6.31. The molecule has 0 atom stereocenters. The summed E-state index contributed by atoms with van der Waals surface area (Å²) >= 11 is 0. The van der Waals surface area contributed by atoms with E-state index in [-0.39, 0.29) is 11.6 Å². The number of rotatable bonds is 6. The highest BCUT2D eigenvalue weighted by Crippen LogP contribution is 2.13. The number of nitrogens with one attached hydrogen (secondary N) is 2. The van der Waals surface area contributed by atoms with Crippen LogP contribution in [0.25, 0.3) is 0 Å². The third kappa shape index (κ3) is 4.24. The van der Waals surface area contributed by atoms with Crippen molar-refractivity contribution in [1.82, 2.24) is 20.2 Å². The number of hydrogen-bond donors (Lipinski definition) is 2. The molecule has 0 saturated carbocycles. The number of benzene rings is 1. The minimum atomic E-state index is -0.334. The Morgan fingerprint density at radius 3 is 2.65 bits per heavy atom. The molecular weight excluding hydrogens is 328 g/mol. The minimum absolute atomic E-state index is 0.250. The third-order valence-electron chi connectivity index (χ3n) is 4.13. The molecule has 1 amide bonds. The molecule has 2 heterocycles. The van der Waals surface area contributed by atoms with Crippen molar-refractivity contribution in [2.45, 2.75) is 19.8 Å². The molecule has 0 unspecified atom stereocenters. The summed E-state index contributed by atoms with van der Waals surface area (Å²) in [5, 5.41) is 9.86. The highest BCUT2D eigenvalue weighted by molar-refractivity contribution is 6.02. The number of aromatic amines is 1. The summed E-state index contributed by atoms with van der Waals surface area (Å²) in [6.07, 6.45) is 4.76. The molecule has 134 valence electrons. The van der Waals surface area contributed by atoms with Gasteiger partial charge in [-0.3, -0.25) is 9.89 Å². The van der Waals surface area contributed by atoms with E-state index in [1.54, 1.807) is 6.20 Å². The number of anilines is 2. The quantitative estimate of drug-likeness (QED) is 0.714. The molecule has 26 heavy (non-hydrogen) atoms. The molecule has 0 aliphatic heterocycles. The molecule has 0 radical (unpaired) electrons. The molecule has 0 fully saturated rings. The van der Waals surface area contributed by atoms with Crippen LogP contribution in [-0.4, -0.2) is 40.2 Å². The lowest BCUT2D eigenvalue weighted by atomic mass is 10.0. The van der Waals surface area contributed by atoms with Gasteiger partial charge in [-0.05, 0) is 30.9 Å². The first-order chi connectivity index (χ1) is 12.5. The maximum atomic E-state index is 12.2. The molecule has 0 aliphatic rings. The minimum Gasteiger partial charge on any atom is -0.361 e. The lowest BCUT2D eigenvalue weighted by Crippen LogP contribution is -2.16. The summed E-state index contributed by atoms with van der Waals surface area (Å²) in [7, 11) is 3.73. The topological polar surface area (TPSA) is 86.8 Å². The maximum Gasteiger partial charge on any atom is 0.277 e. The summed E-state index contributed by atoms with van der Waals surface area (Å²) in [6.45, 7) is 2.11. The average Bonchev–Trinajstić information content (AvgIpc) is 3.08. The summed E-state index contributed by atoms with van der Waals surface area (Å²) in [5.41, 5.74) is 3.81. The van der Waals surface area contributed by atoms with Crippen molar-refractivity contribution in [1.29, 1.82) is 0 Å². The van der Waals surface area contributed by atoms with Crippen molar-refractivity contribution < 1.29 is 4.79 Å². The van der Waals surface area contributed by atoms with Crippen molar-refractivity contribution in [2.75, 3.05) is 24.3 Å². The van der Waals surface area contributed by atoms with Crippen LogP contribution in [-0.2, 0) is 12.8 Å². The van der Waals surface area contributed by atoms with Gasteiger partial charge in [0.25, 0.3) is 5.91 Å².